The smallest absolute Gasteiger partial charge is 0.131 e. The number of rotatable bonds is 3. The third kappa shape index (κ3) is 2.18. The van der Waals surface area contributed by atoms with Crippen molar-refractivity contribution in [2.45, 2.75) is 26.8 Å². The second-order valence-corrected chi connectivity index (χ2v) is 2.65. The Hall–Kier alpha value is -1.12. The van der Waals surface area contributed by atoms with Gasteiger partial charge in [0.25, 0.3) is 0 Å². The molecule has 0 atom stereocenters. The van der Waals surface area contributed by atoms with Crippen LogP contribution >= 0.6 is 0 Å². The Labute approximate surface area is 66.0 Å². The van der Waals surface area contributed by atoms with Crippen molar-refractivity contribution in [2.75, 3.05) is 0 Å². The molecule has 11 heavy (non-hydrogen) atoms. The highest BCUT2D eigenvalue weighted by atomic mass is 16.1. The molecule has 0 fully saturated rings. The van der Waals surface area contributed by atoms with Crippen LogP contribution in [-0.4, -0.2) is 15.6 Å². The summed E-state index contributed by atoms with van der Waals surface area (Å²) in [7, 11) is 0. The average Bonchev–Trinajstić information content (AvgIpc) is 2.31. The van der Waals surface area contributed by atoms with Crippen molar-refractivity contribution in [3.63, 3.8) is 0 Å². The predicted octanol–water partition coefficient (Wildman–Crippen LogP) is 1.17. The summed E-state index contributed by atoms with van der Waals surface area (Å²) in [5.41, 5.74) is 1.10. The van der Waals surface area contributed by atoms with Crippen LogP contribution in [0.4, 0.5) is 0 Å². The average molecular weight is 152 g/mol. The zero-order valence-electron chi connectivity index (χ0n) is 6.87. The molecule has 0 saturated carbocycles. The van der Waals surface area contributed by atoms with Crippen LogP contribution in [0.5, 0.6) is 0 Å². The molecule has 0 radical (unpaired) electrons. The zero-order valence-corrected chi connectivity index (χ0v) is 6.87. The van der Waals surface area contributed by atoms with Gasteiger partial charge in [-0.1, -0.05) is 0 Å². The quantitative estimate of drug-likeness (QED) is 0.651. The lowest BCUT2D eigenvalue weighted by atomic mass is 10.3. The molecule has 1 aromatic heterocycles. The van der Waals surface area contributed by atoms with E-state index in [9.17, 15) is 4.79 Å². The van der Waals surface area contributed by atoms with E-state index < -0.39 is 0 Å². The zero-order chi connectivity index (χ0) is 8.27. The Kier molecular flexibility index (Phi) is 2.41. The van der Waals surface area contributed by atoms with Crippen LogP contribution in [0.15, 0.2) is 12.3 Å². The first-order chi connectivity index (χ1) is 5.20. The minimum atomic E-state index is 0.208. The molecule has 0 aromatic carbocycles. The summed E-state index contributed by atoms with van der Waals surface area (Å²) < 4.78 is 1.83. The van der Waals surface area contributed by atoms with Crippen molar-refractivity contribution in [2.24, 2.45) is 0 Å². The van der Waals surface area contributed by atoms with Gasteiger partial charge in [-0.25, -0.2) is 0 Å². The molecule has 0 bridgehead atoms. The Morgan fingerprint density at radius 2 is 2.45 bits per heavy atom. The number of ketones is 1. The summed E-state index contributed by atoms with van der Waals surface area (Å²) in [5, 5.41) is 4.05. The van der Waals surface area contributed by atoms with Gasteiger partial charge in [0.2, 0.25) is 0 Å². The normalized spacial score (nSPS) is 10.0. The number of hydrogen-bond donors (Lipinski definition) is 0. The van der Waals surface area contributed by atoms with E-state index >= 15 is 0 Å². The highest BCUT2D eigenvalue weighted by molar-refractivity contribution is 5.75. The van der Waals surface area contributed by atoms with Crippen LogP contribution in [0, 0.1) is 6.92 Å². The molecule has 1 heterocycles. The monoisotopic (exact) mass is 152 g/mol. The number of aryl methyl sites for hydroxylation is 2. The van der Waals surface area contributed by atoms with Crippen molar-refractivity contribution in [3.8, 4) is 0 Å². The largest absolute Gasteiger partial charge is 0.300 e. The second kappa shape index (κ2) is 3.32. The van der Waals surface area contributed by atoms with E-state index in [1.807, 2.05) is 17.7 Å². The van der Waals surface area contributed by atoms with Crippen LogP contribution in [0.3, 0.4) is 0 Å². The second-order valence-electron chi connectivity index (χ2n) is 2.65. The maximum absolute atomic E-state index is 10.6. The molecule has 0 aliphatic carbocycles. The third-order valence-corrected chi connectivity index (χ3v) is 1.60. The van der Waals surface area contributed by atoms with Crippen LogP contribution in [0.2, 0.25) is 0 Å². The van der Waals surface area contributed by atoms with Crippen molar-refractivity contribution >= 4 is 5.78 Å². The van der Waals surface area contributed by atoms with E-state index in [2.05, 4.69) is 5.10 Å². The topological polar surface area (TPSA) is 34.9 Å². The van der Waals surface area contributed by atoms with E-state index in [0.29, 0.717) is 13.0 Å². The first-order valence-electron chi connectivity index (χ1n) is 3.68. The molecule has 0 aliphatic rings. The van der Waals surface area contributed by atoms with Crippen molar-refractivity contribution in [1.29, 1.82) is 0 Å². The molecule has 0 amide bonds. The fourth-order valence-corrected chi connectivity index (χ4v) is 0.896. The lowest BCUT2D eigenvalue weighted by molar-refractivity contribution is -0.117. The van der Waals surface area contributed by atoms with E-state index in [-0.39, 0.29) is 5.78 Å². The van der Waals surface area contributed by atoms with Crippen molar-refractivity contribution < 1.29 is 4.79 Å². The van der Waals surface area contributed by atoms with Gasteiger partial charge < -0.3 is 0 Å². The summed E-state index contributed by atoms with van der Waals surface area (Å²) in [4.78, 5) is 10.6. The number of carbonyl (C=O) groups is 1. The fraction of sp³-hybridized carbons (Fsp3) is 0.500. The molecule has 0 saturated heterocycles. The van der Waals surface area contributed by atoms with Gasteiger partial charge in [0.1, 0.15) is 5.78 Å². The van der Waals surface area contributed by atoms with Gasteiger partial charge in [0, 0.05) is 24.9 Å². The lowest BCUT2D eigenvalue weighted by Crippen LogP contribution is -2.05. The number of Topliss-reactive ketones (excluding diaryl/α,β-unsaturated/α-hetero) is 1. The minimum absolute atomic E-state index is 0.208. The Morgan fingerprint density at radius 1 is 1.73 bits per heavy atom. The fourth-order valence-electron chi connectivity index (χ4n) is 0.896. The van der Waals surface area contributed by atoms with Gasteiger partial charge in [-0.05, 0) is 19.9 Å². The third-order valence-electron chi connectivity index (χ3n) is 1.60. The van der Waals surface area contributed by atoms with Crippen LogP contribution in [0.1, 0.15) is 19.0 Å². The van der Waals surface area contributed by atoms with Gasteiger partial charge in [0.15, 0.2) is 0 Å². The summed E-state index contributed by atoms with van der Waals surface area (Å²) >= 11 is 0. The summed E-state index contributed by atoms with van der Waals surface area (Å²) in [6.07, 6.45) is 2.32. The van der Waals surface area contributed by atoms with Gasteiger partial charge in [-0.15, -0.1) is 0 Å². The summed E-state index contributed by atoms with van der Waals surface area (Å²) in [6, 6.07) is 1.93. The molecule has 3 heteroatoms. The van der Waals surface area contributed by atoms with Crippen molar-refractivity contribution in [1.82, 2.24) is 9.78 Å². The Morgan fingerprint density at radius 3 is 2.91 bits per heavy atom. The Bertz CT molecular complexity index is 252. The highest BCUT2D eigenvalue weighted by Gasteiger charge is 1.97. The molecular formula is C8H12N2O. The first-order valence-corrected chi connectivity index (χ1v) is 3.68. The number of nitrogens with zero attached hydrogens (tertiary/aromatic N) is 2. The van der Waals surface area contributed by atoms with E-state index in [1.54, 1.807) is 13.1 Å². The number of aromatic nitrogens is 2. The molecule has 0 N–H and O–H groups in total. The molecular weight excluding hydrogens is 140 g/mol. The van der Waals surface area contributed by atoms with Crippen LogP contribution in [-0.2, 0) is 11.3 Å². The molecule has 0 unspecified atom stereocenters. The van der Waals surface area contributed by atoms with Crippen LogP contribution < -0.4 is 0 Å². The maximum atomic E-state index is 10.6. The first kappa shape index (κ1) is 7.98. The lowest BCUT2D eigenvalue weighted by Gasteiger charge is -2.00. The predicted molar refractivity (Wildman–Crippen MR) is 42.3 cm³/mol. The minimum Gasteiger partial charge on any atom is -0.300 e. The van der Waals surface area contributed by atoms with Gasteiger partial charge in [-0.3, -0.25) is 9.48 Å². The van der Waals surface area contributed by atoms with Gasteiger partial charge in [0.05, 0.1) is 0 Å². The number of hydrogen-bond acceptors (Lipinski definition) is 2. The highest BCUT2D eigenvalue weighted by Crippen LogP contribution is 1.97. The standard InChI is InChI=1S/C8H12N2O/c1-7-3-5-9-10(7)6-4-8(2)11/h3,5H,4,6H2,1-2H3. The van der Waals surface area contributed by atoms with E-state index in [4.69, 9.17) is 0 Å². The van der Waals surface area contributed by atoms with Crippen LogP contribution in [0.25, 0.3) is 0 Å². The van der Waals surface area contributed by atoms with Gasteiger partial charge >= 0.3 is 0 Å². The van der Waals surface area contributed by atoms with E-state index in [1.165, 1.54) is 0 Å². The molecule has 3 nitrogen and oxygen atoms in total. The molecule has 1 rings (SSSR count). The molecule has 0 spiro atoms. The maximum Gasteiger partial charge on any atom is 0.131 e. The molecule has 1 aromatic rings. The summed E-state index contributed by atoms with van der Waals surface area (Å²) in [5.74, 6) is 0.208. The molecule has 60 valence electrons. The summed E-state index contributed by atoms with van der Waals surface area (Å²) in [6.45, 7) is 4.28. The molecule has 0 aliphatic heterocycles. The van der Waals surface area contributed by atoms with E-state index in [0.717, 1.165) is 5.69 Å². The Balaban J connectivity index is 2.51. The number of carbonyl (C=O) groups excluding carboxylic acids is 1. The van der Waals surface area contributed by atoms with Crippen molar-refractivity contribution in [3.05, 3.63) is 18.0 Å². The van der Waals surface area contributed by atoms with Gasteiger partial charge in [-0.2, -0.15) is 5.10 Å². The SMILES string of the molecule is CC(=O)CCn1nccc1C.